The molecule has 148 valence electrons. The van der Waals surface area contributed by atoms with Gasteiger partial charge in [-0.3, -0.25) is 14.4 Å². The van der Waals surface area contributed by atoms with E-state index in [0.29, 0.717) is 12.2 Å². The lowest BCUT2D eigenvalue weighted by molar-refractivity contribution is 0.0941. The fraction of sp³-hybridized carbons (Fsp3) is 0.304. The fourth-order valence-electron chi connectivity index (χ4n) is 4.32. The number of benzene rings is 2. The Labute approximate surface area is 175 Å². The number of carbonyl (C=O) groups is 1. The minimum atomic E-state index is -0.0701. The molecule has 0 saturated heterocycles. The molecule has 1 aromatic heterocycles. The standard InChI is InChI=1S/C23H24N4OS/c1-26-22-18-8-4-5-9-20(18)29-15-19(22)21(25-26)23(28)24-11-13-27-12-10-16-6-2-3-7-17(16)14-27/h2-9H,10-15H2,1H3,(H,24,28). The Morgan fingerprint density at radius 2 is 1.93 bits per heavy atom. The summed E-state index contributed by atoms with van der Waals surface area (Å²) in [5, 5.41) is 7.66. The van der Waals surface area contributed by atoms with Gasteiger partial charge in [0.1, 0.15) is 0 Å². The van der Waals surface area contributed by atoms with Crippen LogP contribution in [0, 0.1) is 0 Å². The number of thioether (sulfide) groups is 1. The number of hydrogen-bond acceptors (Lipinski definition) is 4. The molecule has 2 aliphatic rings. The van der Waals surface area contributed by atoms with Gasteiger partial charge in [-0.05, 0) is 23.6 Å². The van der Waals surface area contributed by atoms with E-state index in [1.807, 2.05) is 17.8 Å². The first kappa shape index (κ1) is 18.5. The summed E-state index contributed by atoms with van der Waals surface area (Å²) in [4.78, 5) is 16.5. The highest BCUT2D eigenvalue weighted by Gasteiger charge is 2.27. The van der Waals surface area contributed by atoms with Crippen LogP contribution in [0.1, 0.15) is 27.2 Å². The summed E-state index contributed by atoms with van der Waals surface area (Å²) in [5.41, 5.74) is 6.69. The molecule has 3 heterocycles. The molecule has 0 bridgehead atoms. The zero-order valence-corrected chi connectivity index (χ0v) is 17.3. The quantitative estimate of drug-likeness (QED) is 0.723. The van der Waals surface area contributed by atoms with Crippen LogP contribution >= 0.6 is 11.8 Å². The molecule has 2 aromatic carbocycles. The van der Waals surface area contributed by atoms with E-state index >= 15 is 0 Å². The first-order valence-electron chi connectivity index (χ1n) is 10.1. The molecule has 2 aliphatic heterocycles. The molecule has 5 rings (SSSR count). The third kappa shape index (κ3) is 3.47. The number of nitrogens with one attached hydrogen (secondary N) is 1. The summed E-state index contributed by atoms with van der Waals surface area (Å²) >= 11 is 1.77. The van der Waals surface area contributed by atoms with Crippen LogP contribution in [0.2, 0.25) is 0 Å². The molecule has 0 fully saturated rings. The highest BCUT2D eigenvalue weighted by atomic mass is 32.2. The van der Waals surface area contributed by atoms with Crippen molar-refractivity contribution in [3.63, 3.8) is 0 Å². The summed E-state index contributed by atoms with van der Waals surface area (Å²) in [5.74, 6) is 0.713. The van der Waals surface area contributed by atoms with E-state index in [9.17, 15) is 4.79 Å². The largest absolute Gasteiger partial charge is 0.349 e. The molecule has 1 amide bonds. The second-order valence-corrected chi connectivity index (χ2v) is 8.65. The van der Waals surface area contributed by atoms with Gasteiger partial charge in [-0.2, -0.15) is 5.10 Å². The zero-order valence-electron chi connectivity index (χ0n) is 16.5. The number of hydrogen-bond donors (Lipinski definition) is 1. The van der Waals surface area contributed by atoms with Crippen molar-refractivity contribution in [2.24, 2.45) is 7.05 Å². The summed E-state index contributed by atoms with van der Waals surface area (Å²) in [7, 11) is 1.92. The molecule has 0 unspecified atom stereocenters. The van der Waals surface area contributed by atoms with Crippen molar-refractivity contribution in [2.75, 3.05) is 19.6 Å². The van der Waals surface area contributed by atoms with Crippen molar-refractivity contribution in [3.8, 4) is 11.3 Å². The molecule has 0 atom stereocenters. The average Bonchev–Trinajstić information content (AvgIpc) is 3.11. The first-order valence-corrected chi connectivity index (χ1v) is 11.0. The van der Waals surface area contributed by atoms with E-state index in [4.69, 9.17) is 0 Å². The minimum Gasteiger partial charge on any atom is -0.349 e. The number of nitrogens with zero attached hydrogens (tertiary/aromatic N) is 3. The van der Waals surface area contributed by atoms with Crippen LogP contribution in [-0.4, -0.2) is 40.2 Å². The normalized spacial score (nSPS) is 15.3. The van der Waals surface area contributed by atoms with Crippen LogP contribution in [0.3, 0.4) is 0 Å². The number of fused-ring (bicyclic) bond motifs is 4. The highest BCUT2D eigenvalue weighted by molar-refractivity contribution is 7.98. The molecule has 5 nitrogen and oxygen atoms in total. The third-order valence-corrected chi connectivity index (χ3v) is 6.90. The van der Waals surface area contributed by atoms with Crippen LogP contribution in [0.4, 0.5) is 0 Å². The molecule has 0 saturated carbocycles. The number of aromatic nitrogens is 2. The first-order chi connectivity index (χ1) is 14.2. The van der Waals surface area contributed by atoms with E-state index in [2.05, 4.69) is 57.8 Å². The Bertz CT molecular complexity index is 1070. The number of carbonyl (C=O) groups excluding carboxylic acids is 1. The van der Waals surface area contributed by atoms with Crippen molar-refractivity contribution in [1.82, 2.24) is 20.0 Å². The molecule has 29 heavy (non-hydrogen) atoms. The van der Waals surface area contributed by atoms with Crippen molar-refractivity contribution >= 4 is 17.7 Å². The van der Waals surface area contributed by atoms with Gasteiger partial charge in [0.25, 0.3) is 5.91 Å². The van der Waals surface area contributed by atoms with E-state index in [1.54, 1.807) is 11.8 Å². The lowest BCUT2D eigenvalue weighted by Gasteiger charge is -2.28. The van der Waals surface area contributed by atoms with Gasteiger partial charge in [-0.15, -0.1) is 11.8 Å². The molecule has 3 aromatic rings. The molecule has 6 heteroatoms. The Kier molecular flexibility index (Phi) is 4.89. The molecule has 0 aliphatic carbocycles. The van der Waals surface area contributed by atoms with Gasteiger partial charge >= 0.3 is 0 Å². The van der Waals surface area contributed by atoms with Gasteiger partial charge < -0.3 is 5.32 Å². The lowest BCUT2D eigenvalue weighted by Crippen LogP contribution is -2.38. The summed E-state index contributed by atoms with van der Waals surface area (Å²) < 4.78 is 1.85. The van der Waals surface area contributed by atoms with Gasteiger partial charge in [0.15, 0.2) is 5.69 Å². The Hall–Kier alpha value is -2.57. The second-order valence-electron chi connectivity index (χ2n) is 7.63. The number of amides is 1. The van der Waals surface area contributed by atoms with Crippen LogP contribution < -0.4 is 5.32 Å². The van der Waals surface area contributed by atoms with E-state index < -0.39 is 0 Å². The van der Waals surface area contributed by atoms with Crippen LogP contribution in [0.25, 0.3) is 11.3 Å². The molecular formula is C23H24N4OS. The van der Waals surface area contributed by atoms with Crippen molar-refractivity contribution in [2.45, 2.75) is 23.6 Å². The number of rotatable bonds is 4. The summed E-state index contributed by atoms with van der Waals surface area (Å²) in [6, 6.07) is 17.0. The van der Waals surface area contributed by atoms with Gasteiger partial charge in [0.2, 0.25) is 0 Å². The van der Waals surface area contributed by atoms with Gasteiger partial charge in [-0.1, -0.05) is 42.5 Å². The maximum atomic E-state index is 12.9. The van der Waals surface area contributed by atoms with Crippen molar-refractivity contribution < 1.29 is 4.79 Å². The van der Waals surface area contributed by atoms with E-state index in [-0.39, 0.29) is 5.91 Å². The lowest BCUT2D eigenvalue weighted by atomic mass is 10.00. The SMILES string of the molecule is Cn1nc(C(=O)NCCN2CCc3ccccc3C2)c2c1-c1ccccc1SC2. The predicted octanol–water partition coefficient (Wildman–Crippen LogP) is 3.48. The van der Waals surface area contributed by atoms with Crippen molar-refractivity contribution in [1.29, 1.82) is 0 Å². The molecule has 0 spiro atoms. The minimum absolute atomic E-state index is 0.0701. The predicted molar refractivity (Wildman–Crippen MR) is 116 cm³/mol. The molecule has 0 radical (unpaired) electrons. The molecule has 1 N–H and O–H groups in total. The Morgan fingerprint density at radius 3 is 2.83 bits per heavy atom. The highest BCUT2D eigenvalue weighted by Crippen LogP contribution is 2.42. The zero-order chi connectivity index (χ0) is 19.8. The summed E-state index contributed by atoms with van der Waals surface area (Å²) in [6.45, 7) is 3.49. The topological polar surface area (TPSA) is 50.2 Å². The average molecular weight is 405 g/mol. The monoisotopic (exact) mass is 404 g/mol. The third-order valence-electron chi connectivity index (χ3n) is 5.80. The van der Waals surface area contributed by atoms with Crippen LogP contribution in [-0.2, 0) is 25.8 Å². The summed E-state index contributed by atoms with van der Waals surface area (Å²) in [6.07, 6.45) is 1.08. The van der Waals surface area contributed by atoms with Gasteiger partial charge in [0, 0.05) is 55.0 Å². The second kappa shape index (κ2) is 7.69. The van der Waals surface area contributed by atoms with E-state index in [0.717, 1.165) is 43.1 Å². The Morgan fingerprint density at radius 1 is 1.14 bits per heavy atom. The Balaban J connectivity index is 1.25. The maximum Gasteiger partial charge on any atom is 0.272 e. The smallest absolute Gasteiger partial charge is 0.272 e. The van der Waals surface area contributed by atoms with Gasteiger partial charge in [-0.25, -0.2) is 0 Å². The van der Waals surface area contributed by atoms with Crippen LogP contribution in [0.5, 0.6) is 0 Å². The van der Waals surface area contributed by atoms with Gasteiger partial charge in [0.05, 0.1) is 5.69 Å². The van der Waals surface area contributed by atoms with Crippen LogP contribution in [0.15, 0.2) is 53.4 Å². The fourth-order valence-corrected chi connectivity index (χ4v) is 5.39. The maximum absolute atomic E-state index is 12.9. The number of aryl methyl sites for hydroxylation is 1. The molecular weight excluding hydrogens is 380 g/mol. The van der Waals surface area contributed by atoms with E-state index in [1.165, 1.54) is 21.6 Å². The van der Waals surface area contributed by atoms with Crippen molar-refractivity contribution in [3.05, 3.63) is 70.9 Å².